The van der Waals surface area contributed by atoms with Crippen molar-refractivity contribution >= 4 is 5.97 Å². The van der Waals surface area contributed by atoms with Gasteiger partial charge in [0.1, 0.15) is 0 Å². The molecule has 0 heterocycles. The molecule has 1 aliphatic carbocycles. The molecule has 86 valence electrons. The van der Waals surface area contributed by atoms with Crippen LogP contribution in [0.15, 0.2) is 24.3 Å². The van der Waals surface area contributed by atoms with Crippen molar-refractivity contribution in [3.8, 4) is 0 Å². The van der Waals surface area contributed by atoms with Crippen LogP contribution in [0.1, 0.15) is 36.8 Å². The normalized spacial score (nSPS) is 18.4. The molecule has 0 unspecified atom stereocenters. The maximum Gasteiger partial charge on any atom is 0.316 e. The number of carbonyl (C=O) groups excluding carboxylic acids is 1. The molecule has 1 aliphatic rings. The molecule has 0 aliphatic heterocycles. The molecule has 2 heteroatoms. The van der Waals surface area contributed by atoms with Crippen LogP contribution in [0.5, 0.6) is 0 Å². The second-order valence-electron chi connectivity index (χ2n) is 4.65. The van der Waals surface area contributed by atoms with E-state index < -0.39 is 0 Å². The zero-order valence-corrected chi connectivity index (χ0v) is 9.95. The van der Waals surface area contributed by atoms with Crippen molar-refractivity contribution in [2.24, 2.45) is 0 Å². The van der Waals surface area contributed by atoms with Crippen molar-refractivity contribution in [2.45, 2.75) is 38.0 Å². The lowest BCUT2D eigenvalue weighted by molar-refractivity contribution is -0.147. The van der Waals surface area contributed by atoms with Gasteiger partial charge in [-0.25, -0.2) is 0 Å². The van der Waals surface area contributed by atoms with Gasteiger partial charge in [-0.2, -0.15) is 0 Å². The first-order valence-corrected chi connectivity index (χ1v) is 5.84. The van der Waals surface area contributed by atoms with Crippen molar-refractivity contribution < 1.29 is 9.53 Å². The zero-order chi connectivity index (χ0) is 11.6. The highest BCUT2D eigenvalue weighted by Gasteiger charge is 2.43. The highest BCUT2D eigenvalue weighted by molar-refractivity contribution is 5.83. The summed E-state index contributed by atoms with van der Waals surface area (Å²) >= 11 is 0. The standard InChI is InChI=1S/C14H18O2/c1-11-5-7-12(8-6-11)14(13(15)16-2)9-3-4-10-14/h5-8H,3-4,9-10H2,1-2H3. The Morgan fingerprint density at radius 1 is 1.19 bits per heavy atom. The predicted octanol–water partition coefficient (Wildman–Crippen LogP) is 2.98. The minimum atomic E-state index is -0.373. The predicted molar refractivity (Wildman–Crippen MR) is 63.3 cm³/mol. The Morgan fingerprint density at radius 2 is 1.75 bits per heavy atom. The average molecular weight is 218 g/mol. The first-order valence-electron chi connectivity index (χ1n) is 5.84. The van der Waals surface area contributed by atoms with Gasteiger partial charge in [0.2, 0.25) is 0 Å². The van der Waals surface area contributed by atoms with Crippen LogP contribution in [0, 0.1) is 6.92 Å². The van der Waals surface area contributed by atoms with Crippen molar-refractivity contribution in [1.82, 2.24) is 0 Å². The summed E-state index contributed by atoms with van der Waals surface area (Å²) in [5.41, 5.74) is 1.96. The van der Waals surface area contributed by atoms with Crippen molar-refractivity contribution in [3.05, 3.63) is 35.4 Å². The van der Waals surface area contributed by atoms with Gasteiger partial charge in [-0.05, 0) is 25.3 Å². The van der Waals surface area contributed by atoms with Crippen LogP contribution in [0.25, 0.3) is 0 Å². The number of carbonyl (C=O) groups is 1. The van der Waals surface area contributed by atoms with E-state index in [0.29, 0.717) is 0 Å². The molecule has 1 saturated carbocycles. The summed E-state index contributed by atoms with van der Waals surface area (Å²) < 4.78 is 4.98. The first kappa shape index (κ1) is 11.2. The van der Waals surface area contributed by atoms with E-state index in [2.05, 4.69) is 31.2 Å². The van der Waals surface area contributed by atoms with E-state index in [4.69, 9.17) is 4.74 Å². The highest BCUT2D eigenvalue weighted by Crippen LogP contribution is 2.42. The van der Waals surface area contributed by atoms with Crippen LogP contribution in [0.2, 0.25) is 0 Å². The van der Waals surface area contributed by atoms with E-state index in [-0.39, 0.29) is 11.4 Å². The first-order chi connectivity index (χ1) is 7.69. The fraction of sp³-hybridized carbons (Fsp3) is 0.500. The maximum absolute atomic E-state index is 12.0. The molecular weight excluding hydrogens is 200 g/mol. The molecule has 2 nitrogen and oxygen atoms in total. The van der Waals surface area contributed by atoms with E-state index in [0.717, 1.165) is 31.2 Å². The molecule has 16 heavy (non-hydrogen) atoms. The number of esters is 1. The second-order valence-corrected chi connectivity index (χ2v) is 4.65. The van der Waals surface area contributed by atoms with E-state index in [1.165, 1.54) is 12.7 Å². The highest BCUT2D eigenvalue weighted by atomic mass is 16.5. The minimum Gasteiger partial charge on any atom is -0.468 e. The van der Waals surface area contributed by atoms with Crippen LogP contribution in [0.3, 0.4) is 0 Å². The van der Waals surface area contributed by atoms with E-state index in [9.17, 15) is 4.79 Å². The minimum absolute atomic E-state index is 0.0751. The van der Waals surface area contributed by atoms with Gasteiger partial charge in [0.05, 0.1) is 12.5 Å². The Bertz CT molecular complexity index is 372. The third-order valence-electron chi connectivity index (χ3n) is 3.64. The van der Waals surface area contributed by atoms with Gasteiger partial charge in [0.25, 0.3) is 0 Å². The van der Waals surface area contributed by atoms with Gasteiger partial charge >= 0.3 is 5.97 Å². The Hall–Kier alpha value is -1.31. The molecule has 2 rings (SSSR count). The Morgan fingerprint density at radius 3 is 2.25 bits per heavy atom. The number of ether oxygens (including phenoxy) is 1. The number of aryl methyl sites for hydroxylation is 1. The molecule has 0 bridgehead atoms. The summed E-state index contributed by atoms with van der Waals surface area (Å²) in [6.45, 7) is 2.06. The number of hydrogen-bond acceptors (Lipinski definition) is 2. The van der Waals surface area contributed by atoms with Crippen molar-refractivity contribution in [2.75, 3.05) is 7.11 Å². The van der Waals surface area contributed by atoms with Gasteiger partial charge in [0.15, 0.2) is 0 Å². The van der Waals surface area contributed by atoms with Crippen molar-refractivity contribution in [3.63, 3.8) is 0 Å². The molecule has 0 N–H and O–H groups in total. The summed E-state index contributed by atoms with van der Waals surface area (Å²) in [6.07, 6.45) is 4.07. The SMILES string of the molecule is COC(=O)C1(c2ccc(C)cc2)CCCC1. The van der Waals surface area contributed by atoms with E-state index >= 15 is 0 Å². The van der Waals surface area contributed by atoms with Gasteiger partial charge in [-0.15, -0.1) is 0 Å². The van der Waals surface area contributed by atoms with Crippen LogP contribution in [-0.4, -0.2) is 13.1 Å². The summed E-state index contributed by atoms with van der Waals surface area (Å²) in [4.78, 5) is 12.0. The molecule has 1 fully saturated rings. The molecule has 0 amide bonds. The van der Waals surface area contributed by atoms with Crippen LogP contribution < -0.4 is 0 Å². The molecule has 0 spiro atoms. The lowest BCUT2D eigenvalue weighted by atomic mass is 9.79. The summed E-state index contributed by atoms with van der Waals surface area (Å²) in [5, 5.41) is 0. The van der Waals surface area contributed by atoms with E-state index in [1.807, 2.05) is 0 Å². The van der Waals surface area contributed by atoms with Gasteiger partial charge < -0.3 is 4.74 Å². The number of rotatable bonds is 2. The molecule has 0 radical (unpaired) electrons. The topological polar surface area (TPSA) is 26.3 Å². The smallest absolute Gasteiger partial charge is 0.316 e. The molecule has 1 aromatic carbocycles. The van der Waals surface area contributed by atoms with E-state index in [1.54, 1.807) is 0 Å². The summed E-state index contributed by atoms with van der Waals surface area (Å²) in [5.74, 6) is -0.0751. The molecular formula is C14H18O2. The Kier molecular flexibility index (Phi) is 2.99. The molecule has 0 atom stereocenters. The number of benzene rings is 1. The van der Waals surface area contributed by atoms with Crippen LogP contribution in [0.4, 0.5) is 0 Å². The number of methoxy groups -OCH3 is 1. The average Bonchev–Trinajstić information content (AvgIpc) is 2.79. The third kappa shape index (κ3) is 1.73. The lowest BCUT2D eigenvalue weighted by Crippen LogP contribution is -2.33. The summed E-state index contributed by atoms with van der Waals surface area (Å²) in [7, 11) is 1.48. The quantitative estimate of drug-likeness (QED) is 0.713. The maximum atomic E-state index is 12.0. The largest absolute Gasteiger partial charge is 0.468 e. The molecule has 0 saturated heterocycles. The molecule has 1 aromatic rings. The zero-order valence-electron chi connectivity index (χ0n) is 9.95. The van der Waals surface area contributed by atoms with Crippen LogP contribution in [-0.2, 0) is 14.9 Å². The van der Waals surface area contributed by atoms with Crippen LogP contribution >= 0.6 is 0 Å². The fourth-order valence-electron chi connectivity index (χ4n) is 2.66. The second kappa shape index (κ2) is 4.28. The Balaban J connectivity index is 2.39. The Labute approximate surface area is 96.6 Å². The van der Waals surface area contributed by atoms with Gasteiger partial charge in [-0.1, -0.05) is 42.7 Å². The fourth-order valence-corrected chi connectivity index (χ4v) is 2.66. The van der Waals surface area contributed by atoms with Gasteiger partial charge in [-0.3, -0.25) is 4.79 Å². The molecule has 0 aromatic heterocycles. The van der Waals surface area contributed by atoms with Gasteiger partial charge in [0, 0.05) is 0 Å². The summed E-state index contributed by atoms with van der Waals surface area (Å²) in [6, 6.07) is 8.27. The third-order valence-corrected chi connectivity index (χ3v) is 3.64. The monoisotopic (exact) mass is 218 g/mol. The number of hydrogen-bond donors (Lipinski definition) is 0. The van der Waals surface area contributed by atoms with Crippen molar-refractivity contribution in [1.29, 1.82) is 0 Å². The lowest BCUT2D eigenvalue weighted by Gasteiger charge is -2.26.